The van der Waals surface area contributed by atoms with E-state index in [4.69, 9.17) is 0 Å². The lowest BCUT2D eigenvalue weighted by Crippen LogP contribution is -1.80. The first-order chi connectivity index (χ1) is 5.90. The normalized spacial score (nSPS) is 11.1. The topological polar surface area (TPSA) is 12.9 Å². The van der Waals surface area contributed by atoms with Crippen LogP contribution in [0.15, 0.2) is 29.9 Å². The average Bonchev–Trinajstić information content (AvgIpc) is 2.17. The molecule has 0 aliphatic carbocycles. The molecule has 1 heterocycles. The highest BCUT2D eigenvalue weighted by molar-refractivity contribution is 7.28. The predicted molar refractivity (Wildman–Crippen MR) is 53.6 cm³/mol. The zero-order chi connectivity index (χ0) is 8.39. The average molecular weight is 175 g/mol. The maximum atomic E-state index is 4.30. The third-order valence-electron chi connectivity index (χ3n) is 1.98. The third kappa shape index (κ3) is 1.33. The number of hydrogen-bond donors (Lipinski definition) is 0. The maximum absolute atomic E-state index is 4.30. The number of aryl methyl sites for hydroxylation is 1. The van der Waals surface area contributed by atoms with Crippen molar-refractivity contribution in [1.82, 2.24) is 4.98 Å². The second-order valence-corrected chi connectivity index (χ2v) is 3.56. The van der Waals surface area contributed by atoms with Gasteiger partial charge in [-0.05, 0) is 29.9 Å². The van der Waals surface area contributed by atoms with Crippen molar-refractivity contribution >= 4 is 19.1 Å². The maximum Gasteiger partial charge on any atom is 0.0709 e. The molecule has 2 aromatic rings. The van der Waals surface area contributed by atoms with Crippen molar-refractivity contribution in [2.45, 2.75) is 13.3 Å². The summed E-state index contributed by atoms with van der Waals surface area (Å²) in [6, 6.07) is 6.46. The van der Waals surface area contributed by atoms with Crippen LogP contribution in [0.2, 0.25) is 0 Å². The fraction of sp³-hybridized carbons (Fsp3) is 0.200. The standard InChI is InChI=1S/C10H10NP/c1-2-8-3-4-10-9(5-8)6-12-7-11-10/h3-7H,2H2,1H3. The van der Waals surface area contributed by atoms with Gasteiger partial charge in [-0.3, -0.25) is 4.98 Å². The molecule has 12 heavy (non-hydrogen) atoms. The number of rotatable bonds is 1. The lowest BCUT2D eigenvalue weighted by atomic mass is 10.1. The van der Waals surface area contributed by atoms with Crippen LogP contribution >= 0.6 is 8.19 Å². The Bertz CT molecular complexity index is 398. The van der Waals surface area contributed by atoms with Gasteiger partial charge in [-0.25, -0.2) is 0 Å². The van der Waals surface area contributed by atoms with E-state index in [1.165, 1.54) is 19.1 Å². The monoisotopic (exact) mass is 175 g/mol. The summed E-state index contributed by atoms with van der Waals surface area (Å²) in [6.45, 7) is 2.17. The van der Waals surface area contributed by atoms with Gasteiger partial charge in [0.2, 0.25) is 0 Å². The van der Waals surface area contributed by atoms with E-state index in [1.54, 1.807) is 0 Å². The Kier molecular flexibility index (Phi) is 2.05. The van der Waals surface area contributed by atoms with Crippen LogP contribution in [0.4, 0.5) is 0 Å². The molecule has 1 aromatic heterocycles. The minimum Gasteiger partial charge on any atom is -0.251 e. The van der Waals surface area contributed by atoms with E-state index in [1.807, 2.05) is 5.93 Å². The van der Waals surface area contributed by atoms with E-state index in [2.05, 4.69) is 35.9 Å². The Balaban J connectivity index is 2.67. The zero-order valence-electron chi connectivity index (χ0n) is 6.99. The van der Waals surface area contributed by atoms with Crippen molar-refractivity contribution in [3.63, 3.8) is 0 Å². The number of aromatic nitrogens is 1. The fourth-order valence-corrected chi connectivity index (χ4v) is 1.88. The van der Waals surface area contributed by atoms with E-state index in [0.29, 0.717) is 0 Å². The molecule has 60 valence electrons. The first-order valence-electron chi connectivity index (χ1n) is 4.09. The molecule has 1 aromatic carbocycles. The van der Waals surface area contributed by atoms with Crippen LogP contribution in [0, 0.1) is 0 Å². The molecule has 0 amide bonds. The molecule has 2 rings (SSSR count). The number of fused-ring (bicyclic) bond motifs is 1. The van der Waals surface area contributed by atoms with Crippen molar-refractivity contribution in [1.29, 1.82) is 0 Å². The number of nitrogens with zero attached hydrogens (tertiary/aromatic N) is 1. The first kappa shape index (κ1) is 7.70. The SMILES string of the molecule is CCc1ccc2ncpcc2c1. The van der Waals surface area contributed by atoms with E-state index in [0.717, 1.165) is 11.9 Å². The summed E-state index contributed by atoms with van der Waals surface area (Å²) in [5.41, 5.74) is 2.49. The van der Waals surface area contributed by atoms with Gasteiger partial charge in [0.05, 0.1) is 11.4 Å². The molecular formula is C10H10NP. The second-order valence-electron chi connectivity index (χ2n) is 2.77. The molecular weight excluding hydrogens is 165 g/mol. The highest BCUT2D eigenvalue weighted by atomic mass is 31.0. The van der Waals surface area contributed by atoms with Gasteiger partial charge in [0.15, 0.2) is 0 Å². The Hall–Kier alpha value is -0.940. The highest BCUT2D eigenvalue weighted by Crippen LogP contribution is 2.17. The van der Waals surface area contributed by atoms with Crippen LogP contribution in [0.1, 0.15) is 12.5 Å². The van der Waals surface area contributed by atoms with Gasteiger partial charge >= 0.3 is 0 Å². The molecule has 0 bridgehead atoms. The quantitative estimate of drug-likeness (QED) is 0.647. The van der Waals surface area contributed by atoms with Gasteiger partial charge < -0.3 is 0 Å². The molecule has 0 fully saturated rings. The second kappa shape index (κ2) is 3.20. The van der Waals surface area contributed by atoms with E-state index in [9.17, 15) is 0 Å². The molecule has 0 spiro atoms. The van der Waals surface area contributed by atoms with Gasteiger partial charge in [0.25, 0.3) is 0 Å². The van der Waals surface area contributed by atoms with Crippen LogP contribution in [0.25, 0.3) is 10.9 Å². The van der Waals surface area contributed by atoms with Crippen molar-refractivity contribution in [3.05, 3.63) is 35.5 Å². The van der Waals surface area contributed by atoms with Crippen molar-refractivity contribution in [2.24, 2.45) is 0 Å². The van der Waals surface area contributed by atoms with Crippen LogP contribution in [-0.4, -0.2) is 4.98 Å². The summed E-state index contributed by atoms with van der Waals surface area (Å²) < 4.78 is 0. The lowest BCUT2D eigenvalue weighted by molar-refractivity contribution is 1.15. The summed E-state index contributed by atoms with van der Waals surface area (Å²) in [6.07, 6.45) is 1.10. The fourth-order valence-electron chi connectivity index (χ4n) is 1.25. The summed E-state index contributed by atoms with van der Waals surface area (Å²) in [4.78, 5) is 4.30. The Morgan fingerprint density at radius 2 is 2.33 bits per heavy atom. The molecule has 0 aliphatic rings. The minimum atomic E-state index is 1.10. The first-order valence-corrected chi connectivity index (χ1v) is 5.12. The van der Waals surface area contributed by atoms with Gasteiger partial charge in [-0.15, -0.1) is 0 Å². The number of hydrogen-bond acceptors (Lipinski definition) is 1. The van der Waals surface area contributed by atoms with E-state index < -0.39 is 0 Å². The van der Waals surface area contributed by atoms with Crippen molar-refractivity contribution < 1.29 is 0 Å². The Morgan fingerprint density at radius 3 is 3.17 bits per heavy atom. The largest absolute Gasteiger partial charge is 0.251 e. The summed E-state index contributed by atoms with van der Waals surface area (Å²) in [5.74, 6) is 4.12. The van der Waals surface area contributed by atoms with E-state index >= 15 is 0 Å². The highest BCUT2D eigenvalue weighted by Gasteiger charge is 1.93. The number of benzene rings is 1. The molecule has 0 atom stereocenters. The van der Waals surface area contributed by atoms with Crippen LogP contribution in [0.5, 0.6) is 0 Å². The molecule has 0 aliphatic heterocycles. The third-order valence-corrected chi connectivity index (χ3v) is 2.65. The van der Waals surface area contributed by atoms with Crippen LogP contribution in [-0.2, 0) is 6.42 Å². The summed E-state index contributed by atoms with van der Waals surface area (Å²) in [7, 11) is 1.19. The molecule has 0 unspecified atom stereocenters. The van der Waals surface area contributed by atoms with Gasteiger partial charge in [0.1, 0.15) is 0 Å². The van der Waals surface area contributed by atoms with Crippen molar-refractivity contribution in [3.8, 4) is 0 Å². The Morgan fingerprint density at radius 1 is 1.42 bits per heavy atom. The molecule has 0 saturated heterocycles. The van der Waals surface area contributed by atoms with Gasteiger partial charge in [0, 0.05) is 5.39 Å². The minimum absolute atomic E-state index is 1.10. The zero-order valence-corrected chi connectivity index (χ0v) is 7.88. The molecule has 0 N–H and O–H groups in total. The van der Waals surface area contributed by atoms with Crippen molar-refractivity contribution in [2.75, 3.05) is 0 Å². The molecule has 0 radical (unpaired) electrons. The molecule has 2 heteroatoms. The van der Waals surface area contributed by atoms with Gasteiger partial charge in [-0.2, -0.15) is 0 Å². The Labute approximate surface area is 73.6 Å². The van der Waals surface area contributed by atoms with Crippen LogP contribution < -0.4 is 0 Å². The predicted octanol–water partition coefficient (Wildman–Crippen LogP) is 3.38. The summed E-state index contributed by atoms with van der Waals surface area (Å²) in [5, 5.41) is 1.28. The van der Waals surface area contributed by atoms with Gasteiger partial charge in [-0.1, -0.05) is 21.2 Å². The molecule has 1 nitrogen and oxygen atoms in total. The van der Waals surface area contributed by atoms with Crippen LogP contribution in [0.3, 0.4) is 0 Å². The lowest BCUT2D eigenvalue weighted by Gasteiger charge is -1.98. The molecule has 0 saturated carbocycles. The smallest absolute Gasteiger partial charge is 0.0709 e. The van der Waals surface area contributed by atoms with E-state index in [-0.39, 0.29) is 0 Å². The summed E-state index contributed by atoms with van der Waals surface area (Å²) >= 11 is 0.